The molecular formula is C14H21N3O2. The zero-order valence-corrected chi connectivity index (χ0v) is 11.3. The van der Waals surface area contributed by atoms with Crippen molar-refractivity contribution in [3.8, 4) is 0 Å². The van der Waals surface area contributed by atoms with Crippen molar-refractivity contribution in [2.75, 3.05) is 31.6 Å². The van der Waals surface area contributed by atoms with Crippen LogP contribution in [-0.2, 0) is 9.53 Å². The summed E-state index contributed by atoms with van der Waals surface area (Å²) < 4.78 is 4.62. The molecule has 19 heavy (non-hydrogen) atoms. The summed E-state index contributed by atoms with van der Waals surface area (Å²) in [6, 6.07) is 4.60. The number of esters is 1. The predicted molar refractivity (Wildman–Crippen MR) is 74.1 cm³/mol. The molecule has 104 valence electrons. The molecule has 1 aromatic heterocycles. The maximum atomic E-state index is 11.0. The van der Waals surface area contributed by atoms with E-state index in [2.05, 4.69) is 19.9 Å². The van der Waals surface area contributed by atoms with E-state index in [-0.39, 0.29) is 5.97 Å². The van der Waals surface area contributed by atoms with Crippen LogP contribution in [0.2, 0.25) is 0 Å². The Morgan fingerprint density at radius 1 is 1.42 bits per heavy atom. The number of aromatic nitrogens is 1. The first kappa shape index (κ1) is 13.8. The summed E-state index contributed by atoms with van der Waals surface area (Å²) in [5, 5.41) is 3.42. The van der Waals surface area contributed by atoms with Gasteiger partial charge in [0.2, 0.25) is 0 Å². The lowest BCUT2D eigenvalue weighted by Crippen LogP contribution is -2.43. The highest BCUT2D eigenvalue weighted by Crippen LogP contribution is 2.18. The van der Waals surface area contributed by atoms with Crippen LogP contribution in [0.1, 0.15) is 19.3 Å². The molecule has 0 aromatic carbocycles. The molecule has 0 unspecified atom stereocenters. The number of carbonyl (C=O) groups is 1. The van der Waals surface area contributed by atoms with Gasteiger partial charge in [-0.3, -0.25) is 9.78 Å². The standard InChI is InChI=1S/C14H21N3O2/c1-19-14(18)4-9-16-12-5-10-17(11-6-12)13-2-7-15-8-3-13/h2-3,7-8,12,16H,4-6,9-11H2,1H3. The molecule has 0 radical (unpaired) electrons. The van der Waals surface area contributed by atoms with Gasteiger partial charge >= 0.3 is 5.97 Å². The summed E-state index contributed by atoms with van der Waals surface area (Å²) >= 11 is 0. The molecule has 2 heterocycles. The Bertz CT molecular complexity index is 389. The van der Waals surface area contributed by atoms with Gasteiger partial charge in [0.15, 0.2) is 0 Å². The van der Waals surface area contributed by atoms with Gasteiger partial charge in [-0.25, -0.2) is 0 Å². The highest BCUT2D eigenvalue weighted by atomic mass is 16.5. The molecule has 1 fully saturated rings. The molecule has 5 heteroatoms. The van der Waals surface area contributed by atoms with E-state index in [1.54, 1.807) is 0 Å². The lowest BCUT2D eigenvalue weighted by molar-refractivity contribution is -0.140. The average molecular weight is 263 g/mol. The summed E-state index contributed by atoms with van der Waals surface area (Å²) in [7, 11) is 1.43. The highest BCUT2D eigenvalue weighted by Gasteiger charge is 2.18. The molecule has 1 aliphatic rings. The largest absolute Gasteiger partial charge is 0.469 e. The van der Waals surface area contributed by atoms with Crippen LogP contribution in [0, 0.1) is 0 Å². The smallest absolute Gasteiger partial charge is 0.306 e. The fourth-order valence-corrected chi connectivity index (χ4v) is 2.38. The van der Waals surface area contributed by atoms with Gasteiger partial charge in [0, 0.05) is 43.8 Å². The second-order valence-corrected chi connectivity index (χ2v) is 4.75. The van der Waals surface area contributed by atoms with Gasteiger partial charge in [0.1, 0.15) is 0 Å². The summed E-state index contributed by atoms with van der Waals surface area (Å²) in [4.78, 5) is 17.4. The van der Waals surface area contributed by atoms with E-state index in [1.807, 2.05) is 24.5 Å². The van der Waals surface area contributed by atoms with Gasteiger partial charge < -0.3 is 15.0 Å². The minimum absolute atomic E-state index is 0.151. The van der Waals surface area contributed by atoms with E-state index in [0.717, 1.165) is 25.9 Å². The van der Waals surface area contributed by atoms with Crippen LogP contribution in [-0.4, -0.2) is 43.7 Å². The second-order valence-electron chi connectivity index (χ2n) is 4.75. The third-order valence-electron chi connectivity index (χ3n) is 3.51. The minimum atomic E-state index is -0.151. The fraction of sp³-hybridized carbons (Fsp3) is 0.571. The molecule has 0 saturated carbocycles. The van der Waals surface area contributed by atoms with Crippen molar-refractivity contribution in [3.63, 3.8) is 0 Å². The fourth-order valence-electron chi connectivity index (χ4n) is 2.38. The third kappa shape index (κ3) is 4.21. The maximum Gasteiger partial charge on any atom is 0.306 e. The number of piperidine rings is 1. The first-order valence-electron chi connectivity index (χ1n) is 6.75. The van der Waals surface area contributed by atoms with Crippen LogP contribution in [0.3, 0.4) is 0 Å². The van der Waals surface area contributed by atoms with Crippen LogP contribution in [0.4, 0.5) is 5.69 Å². The van der Waals surface area contributed by atoms with E-state index in [9.17, 15) is 4.79 Å². The number of methoxy groups -OCH3 is 1. The Morgan fingerprint density at radius 3 is 2.74 bits per heavy atom. The predicted octanol–water partition coefficient (Wildman–Crippen LogP) is 1.20. The number of carbonyl (C=O) groups excluding carboxylic acids is 1. The third-order valence-corrected chi connectivity index (χ3v) is 3.51. The summed E-state index contributed by atoms with van der Waals surface area (Å²) in [5.74, 6) is -0.151. The number of ether oxygens (including phenoxy) is 1. The molecule has 1 saturated heterocycles. The molecule has 0 bridgehead atoms. The van der Waals surface area contributed by atoms with Crippen molar-refractivity contribution in [3.05, 3.63) is 24.5 Å². The summed E-state index contributed by atoms with van der Waals surface area (Å²) in [5.41, 5.74) is 1.24. The summed E-state index contributed by atoms with van der Waals surface area (Å²) in [6.07, 6.45) is 6.31. The Kier molecular flexibility index (Phi) is 5.15. The number of hydrogen-bond donors (Lipinski definition) is 1. The molecule has 1 aliphatic heterocycles. The van der Waals surface area contributed by atoms with Crippen molar-refractivity contribution in [2.24, 2.45) is 0 Å². The van der Waals surface area contributed by atoms with E-state index in [4.69, 9.17) is 0 Å². The first-order chi connectivity index (χ1) is 9.29. The minimum Gasteiger partial charge on any atom is -0.469 e. The number of rotatable bonds is 5. The normalized spacial score (nSPS) is 16.4. The molecule has 0 aliphatic carbocycles. The van der Waals surface area contributed by atoms with Crippen molar-refractivity contribution < 1.29 is 9.53 Å². The molecule has 1 N–H and O–H groups in total. The quantitative estimate of drug-likeness (QED) is 0.809. The SMILES string of the molecule is COC(=O)CCNC1CCN(c2ccncc2)CC1. The molecule has 2 rings (SSSR count). The number of nitrogens with one attached hydrogen (secondary N) is 1. The van der Waals surface area contributed by atoms with Crippen LogP contribution < -0.4 is 10.2 Å². The van der Waals surface area contributed by atoms with E-state index >= 15 is 0 Å². The van der Waals surface area contributed by atoms with Crippen molar-refractivity contribution in [1.29, 1.82) is 0 Å². The Labute approximate surface area is 114 Å². The van der Waals surface area contributed by atoms with Gasteiger partial charge in [0.25, 0.3) is 0 Å². The zero-order valence-electron chi connectivity index (χ0n) is 11.3. The first-order valence-corrected chi connectivity index (χ1v) is 6.75. The number of nitrogens with zero attached hydrogens (tertiary/aromatic N) is 2. The van der Waals surface area contributed by atoms with Gasteiger partial charge in [-0.1, -0.05) is 0 Å². The lowest BCUT2D eigenvalue weighted by atomic mass is 10.0. The number of pyridine rings is 1. The Balaban J connectivity index is 1.69. The molecule has 0 atom stereocenters. The lowest BCUT2D eigenvalue weighted by Gasteiger charge is -2.34. The number of anilines is 1. The molecule has 5 nitrogen and oxygen atoms in total. The van der Waals surface area contributed by atoms with E-state index in [1.165, 1.54) is 12.8 Å². The topological polar surface area (TPSA) is 54.5 Å². The zero-order chi connectivity index (χ0) is 13.5. The Morgan fingerprint density at radius 2 is 2.11 bits per heavy atom. The Hall–Kier alpha value is -1.62. The molecule has 1 aromatic rings. The molecular weight excluding hydrogens is 242 g/mol. The maximum absolute atomic E-state index is 11.0. The highest BCUT2D eigenvalue weighted by molar-refractivity contribution is 5.69. The van der Waals surface area contributed by atoms with Crippen LogP contribution in [0.5, 0.6) is 0 Å². The van der Waals surface area contributed by atoms with Gasteiger partial charge in [0.05, 0.1) is 13.5 Å². The van der Waals surface area contributed by atoms with Crippen LogP contribution in [0.25, 0.3) is 0 Å². The van der Waals surface area contributed by atoms with Crippen molar-refractivity contribution in [1.82, 2.24) is 10.3 Å². The number of hydrogen-bond acceptors (Lipinski definition) is 5. The van der Waals surface area contributed by atoms with Gasteiger partial charge in [-0.05, 0) is 25.0 Å². The van der Waals surface area contributed by atoms with Crippen molar-refractivity contribution >= 4 is 11.7 Å². The van der Waals surface area contributed by atoms with E-state index in [0.29, 0.717) is 19.0 Å². The van der Waals surface area contributed by atoms with Crippen molar-refractivity contribution in [2.45, 2.75) is 25.3 Å². The van der Waals surface area contributed by atoms with Gasteiger partial charge in [-0.15, -0.1) is 0 Å². The second kappa shape index (κ2) is 7.09. The average Bonchev–Trinajstić information content (AvgIpc) is 2.48. The van der Waals surface area contributed by atoms with Crippen LogP contribution >= 0.6 is 0 Å². The molecule has 0 amide bonds. The summed E-state index contributed by atoms with van der Waals surface area (Å²) in [6.45, 7) is 2.78. The monoisotopic (exact) mass is 263 g/mol. The van der Waals surface area contributed by atoms with E-state index < -0.39 is 0 Å². The van der Waals surface area contributed by atoms with Crippen LogP contribution in [0.15, 0.2) is 24.5 Å². The van der Waals surface area contributed by atoms with Gasteiger partial charge in [-0.2, -0.15) is 0 Å². The molecule has 0 spiro atoms.